The Labute approximate surface area is 153 Å². The van der Waals surface area contributed by atoms with Crippen LogP contribution in [0, 0.1) is 5.92 Å². The summed E-state index contributed by atoms with van der Waals surface area (Å²) in [6.45, 7) is 4.02. The van der Waals surface area contributed by atoms with Crippen molar-refractivity contribution in [3.05, 3.63) is 66.1 Å². The Morgan fingerprint density at radius 3 is 2.58 bits per heavy atom. The Hall–Kier alpha value is -3.15. The first kappa shape index (κ1) is 19.2. The zero-order valence-electron chi connectivity index (χ0n) is 14.9. The maximum Gasteiger partial charge on any atom is 0.259 e. The number of furan rings is 1. The van der Waals surface area contributed by atoms with Crippen LogP contribution in [0.15, 0.2) is 64.3 Å². The molecule has 1 aromatic heterocycles. The van der Waals surface area contributed by atoms with Crippen molar-refractivity contribution in [3.63, 3.8) is 0 Å². The third kappa shape index (κ3) is 6.76. The number of carbonyl (C=O) groups excluding carboxylic acids is 2. The van der Waals surface area contributed by atoms with E-state index in [1.165, 1.54) is 18.4 Å². The monoisotopic (exact) mass is 353 g/mol. The topological polar surface area (TPSA) is 83.7 Å². The van der Waals surface area contributed by atoms with Crippen molar-refractivity contribution < 1.29 is 14.0 Å². The molecule has 0 aliphatic rings. The van der Waals surface area contributed by atoms with Crippen molar-refractivity contribution in [2.45, 2.75) is 20.3 Å². The molecule has 0 unspecified atom stereocenters. The smallest absolute Gasteiger partial charge is 0.259 e. The summed E-state index contributed by atoms with van der Waals surface area (Å²) in [5.41, 5.74) is 4.27. The zero-order chi connectivity index (χ0) is 18.8. The summed E-state index contributed by atoms with van der Waals surface area (Å²) >= 11 is 0. The molecule has 0 aliphatic heterocycles. The van der Waals surface area contributed by atoms with Crippen LogP contribution in [0.1, 0.15) is 31.6 Å². The molecule has 0 radical (unpaired) electrons. The Bertz CT molecular complexity index is 763. The summed E-state index contributed by atoms with van der Waals surface area (Å²) in [6.07, 6.45) is 5.10. The molecule has 0 atom stereocenters. The Morgan fingerprint density at radius 1 is 1.15 bits per heavy atom. The minimum atomic E-state index is -0.387. The molecular weight excluding hydrogens is 330 g/mol. The molecule has 1 aromatic carbocycles. The molecular formula is C20H23N3O3. The van der Waals surface area contributed by atoms with Crippen LogP contribution in [-0.2, 0) is 9.59 Å². The number of nitrogens with zero attached hydrogens (tertiary/aromatic N) is 1. The van der Waals surface area contributed by atoms with E-state index in [-0.39, 0.29) is 18.4 Å². The molecule has 2 N–H and O–H groups in total. The van der Waals surface area contributed by atoms with Gasteiger partial charge in [-0.25, -0.2) is 5.43 Å². The summed E-state index contributed by atoms with van der Waals surface area (Å²) in [6, 6.07) is 13.1. The quantitative estimate of drug-likeness (QED) is 0.435. The van der Waals surface area contributed by atoms with Gasteiger partial charge in [-0.3, -0.25) is 9.59 Å². The minimum Gasteiger partial charge on any atom is -0.465 e. The lowest BCUT2D eigenvalue weighted by Gasteiger charge is -2.10. The van der Waals surface area contributed by atoms with Gasteiger partial charge in [-0.2, -0.15) is 5.10 Å². The molecule has 2 amide bonds. The first-order chi connectivity index (χ1) is 12.5. The van der Waals surface area contributed by atoms with Crippen LogP contribution in [0.4, 0.5) is 0 Å². The standard InChI is InChI=1S/C20H23N3O3/c1-15(2)13-18(16-7-4-3-5-8-16)22-23-20(25)14-21-19(24)11-10-17-9-6-12-26-17/h3-12,15H,13-14H2,1-2H3,(H,21,24)(H,23,25)/b11-10+,22-18+. The van der Waals surface area contributed by atoms with E-state index < -0.39 is 0 Å². The van der Waals surface area contributed by atoms with Gasteiger partial charge in [0.15, 0.2) is 0 Å². The molecule has 0 saturated heterocycles. The highest BCUT2D eigenvalue weighted by molar-refractivity contribution is 6.01. The average Bonchev–Trinajstić information content (AvgIpc) is 3.15. The van der Waals surface area contributed by atoms with Crippen LogP contribution < -0.4 is 10.7 Å². The van der Waals surface area contributed by atoms with E-state index in [0.29, 0.717) is 11.7 Å². The molecule has 0 bridgehead atoms. The first-order valence-corrected chi connectivity index (χ1v) is 8.45. The minimum absolute atomic E-state index is 0.158. The fraction of sp³-hybridized carbons (Fsp3) is 0.250. The van der Waals surface area contributed by atoms with Crippen LogP contribution in [0.25, 0.3) is 6.08 Å². The number of rotatable bonds is 8. The second-order valence-electron chi connectivity index (χ2n) is 6.12. The number of hydrogen-bond acceptors (Lipinski definition) is 4. The van der Waals surface area contributed by atoms with Gasteiger partial charge in [-0.1, -0.05) is 44.2 Å². The lowest BCUT2D eigenvalue weighted by Crippen LogP contribution is -2.34. The highest BCUT2D eigenvalue weighted by atomic mass is 16.3. The summed E-state index contributed by atoms with van der Waals surface area (Å²) in [4.78, 5) is 23.6. The fourth-order valence-corrected chi connectivity index (χ4v) is 2.18. The van der Waals surface area contributed by atoms with Gasteiger partial charge in [0.25, 0.3) is 5.91 Å². The number of hydrogen-bond donors (Lipinski definition) is 2. The highest BCUT2D eigenvalue weighted by Gasteiger charge is 2.08. The van der Waals surface area contributed by atoms with Crippen molar-refractivity contribution in [1.29, 1.82) is 0 Å². The second kappa shape index (κ2) is 9.98. The molecule has 0 spiro atoms. The molecule has 0 fully saturated rings. The zero-order valence-corrected chi connectivity index (χ0v) is 14.9. The van der Waals surface area contributed by atoms with Crippen molar-refractivity contribution in [3.8, 4) is 0 Å². The first-order valence-electron chi connectivity index (χ1n) is 8.45. The summed E-state index contributed by atoms with van der Waals surface area (Å²) in [5, 5.41) is 6.73. The van der Waals surface area contributed by atoms with Crippen molar-refractivity contribution in [1.82, 2.24) is 10.7 Å². The average molecular weight is 353 g/mol. The Morgan fingerprint density at radius 2 is 1.92 bits per heavy atom. The molecule has 136 valence electrons. The number of carbonyl (C=O) groups is 2. The molecule has 0 saturated carbocycles. The maximum absolute atomic E-state index is 11.9. The summed E-state index contributed by atoms with van der Waals surface area (Å²) in [5.74, 6) is 0.195. The number of hydrazone groups is 1. The van der Waals surface area contributed by atoms with E-state index in [1.807, 2.05) is 30.3 Å². The Kier molecular flexibility index (Phi) is 7.36. The van der Waals surface area contributed by atoms with Crippen LogP contribution in [0.2, 0.25) is 0 Å². The molecule has 26 heavy (non-hydrogen) atoms. The number of nitrogens with one attached hydrogen (secondary N) is 2. The van der Waals surface area contributed by atoms with E-state index in [0.717, 1.165) is 17.7 Å². The second-order valence-corrected chi connectivity index (χ2v) is 6.12. The lowest BCUT2D eigenvalue weighted by molar-refractivity contribution is -0.123. The van der Waals surface area contributed by atoms with E-state index in [2.05, 4.69) is 29.7 Å². The normalized spacial score (nSPS) is 11.7. The van der Waals surface area contributed by atoms with Crippen LogP contribution >= 0.6 is 0 Å². The SMILES string of the molecule is CC(C)C/C(=N\NC(=O)CNC(=O)/C=C/c1ccco1)c1ccccc1. The van der Waals surface area contributed by atoms with Gasteiger partial charge in [-0.15, -0.1) is 0 Å². The van der Waals surface area contributed by atoms with E-state index in [4.69, 9.17) is 4.42 Å². The Balaban J connectivity index is 1.86. The van der Waals surface area contributed by atoms with Gasteiger partial charge >= 0.3 is 0 Å². The van der Waals surface area contributed by atoms with Crippen LogP contribution in [0.3, 0.4) is 0 Å². The maximum atomic E-state index is 11.9. The van der Waals surface area contributed by atoms with Crippen LogP contribution in [-0.4, -0.2) is 24.1 Å². The van der Waals surface area contributed by atoms with Crippen molar-refractivity contribution in [2.24, 2.45) is 11.0 Å². The van der Waals surface area contributed by atoms with Gasteiger partial charge in [0, 0.05) is 6.08 Å². The van der Waals surface area contributed by atoms with Gasteiger partial charge in [0.2, 0.25) is 5.91 Å². The predicted octanol–water partition coefficient (Wildman–Crippen LogP) is 2.98. The molecule has 6 nitrogen and oxygen atoms in total. The van der Waals surface area contributed by atoms with Crippen molar-refractivity contribution in [2.75, 3.05) is 6.54 Å². The number of benzene rings is 1. The molecule has 1 heterocycles. The van der Waals surface area contributed by atoms with Crippen molar-refractivity contribution >= 4 is 23.6 Å². The third-order valence-corrected chi connectivity index (χ3v) is 3.39. The summed E-state index contributed by atoms with van der Waals surface area (Å²) < 4.78 is 5.08. The van der Waals surface area contributed by atoms with E-state index >= 15 is 0 Å². The van der Waals surface area contributed by atoms with Gasteiger partial charge in [0.05, 0.1) is 18.5 Å². The molecule has 6 heteroatoms. The molecule has 2 rings (SSSR count). The highest BCUT2D eigenvalue weighted by Crippen LogP contribution is 2.10. The number of amides is 2. The van der Waals surface area contributed by atoms with Crippen LogP contribution in [0.5, 0.6) is 0 Å². The third-order valence-electron chi connectivity index (χ3n) is 3.39. The fourth-order valence-electron chi connectivity index (χ4n) is 2.18. The lowest BCUT2D eigenvalue weighted by atomic mass is 10.0. The van der Waals surface area contributed by atoms with Gasteiger partial charge in [-0.05, 0) is 36.1 Å². The van der Waals surface area contributed by atoms with Gasteiger partial charge in [0.1, 0.15) is 5.76 Å². The molecule has 2 aromatic rings. The largest absolute Gasteiger partial charge is 0.465 e. The van der Waals surface area contributed by atoms with E-state index in [1.54, 1.807) is 12.1 Å². The van der Waals surface area contributed by atoms with E-state index in [9.17, 15) is 9.59 Å². The summed E-state index contributed by atoms with van der Waals surface area (Å²) in [7, 11) is 0. The van der Waals surface area contributed by atoms with Gasteiger partial charge < -0.3 is 9.73 Å². The molecule has 0 aliphatic carbocycles. The predicted molar refractivity (Wildman–Crippen MR) is 101 cm³/mol.